The molecule has 25 heavy (non-hydrogen) atoms. The first kappa shape index (κ1) is 14.7. The number of benzene rings is 2. The molecular weight excluding hydrogens is 360 g/mol. The Kier molecular flexibility index (Phi) is 3.36. The Morgan fingerprint density at radius 3 is 2.52 bits per heavy atom. The minimum atomic E-state index is 0.558. The van der Waals surface area contributed by atoms with Gasteiger partial charge in [-0.1, -0.05) is 22.9 Å². The Labute approximate surface area is 151 Å². The first-order chi connectivity index (χ1) is 12.3. The summed E-state index contributed by atoms with van der Waals surface area (Å²) in [6, 6.07) is 13.3. The first-order valence-corrected chi connectivity index (χ1v) is 8.85. The second-order valence-corrected chi connectivity index (χ2v) is 6.88. The van der Waals surface area contributed by atoms with Crippen LogP contribution in [0.3, 0.4) is 0 Å². The number of rotatable bonds is 2. The molecule has 3 heterocycles. The van der Waals surface area contributed by atoms with Crippen LogP contribution in [0.5, 0.6) is 11.5 Å². The quantitative estimate of drug-likeness (QED) is 0.534. The van der Waals surface area contributed by atoms with Gasteiger partial charge in [0.15, 0.2) is 17.3 Å². The smallest absolute Gasteiger partial charge is 0.235 e. The highest BCUT2D eigenvalue weighted by Gasteiger charge is 2.17. The molecule has 8 heteroatoms. The van der Waals surface area contributed by atoms with E-state index in [1.165, 1.54) is 11.3 Å². The number of ether oxygens (including phenoxy) is 2. The number of fused-ring (bicyclic) bond motifs is 2. The van der Waals surface area contributed by atoms with Crippen molar-refractivity contribution in [3.05, 3.63) is 47.5 Å². The van der Waals surface area contributed by atoms with Gasteiger partial charge in [-0.05, 0) is 42.5 Å². The number of halogens is 1. The summed E-state index contributed by atoms with van der Waals surface area (Å²) in [5.41, 5.74) is 1.87. The van der Waals surface area contributed by atoms with E-state index in [1.54, 1.807) is 4.52 Å². The Morgan fingerprint density at radius 1 is 0.920 bits per heavy atom. The van der Waals surface area contributed by atoms with Crippen LogP contribution in [0.25, 0.3) is 26.9 Å². The summed E-state index contributed by atoms with van der Waals surface area (Å²) >= 11 is 7.43. The van der Waals surface area contributed by atoms with Crippen LogP contribution < -0.4 is 9.47 Å². The van der Waals surface area contributed by atoms with Crippen LogP contribution >= 0.6 is 22.9 Å². The van der Waals surface area contributed by atoms with Crippen LogP contribution in [-0.2, 0) is 0 Å². The van der Waals surface area contributed by atoms with Gasteiger partial charge in [0.1, 0.15) is 18.2 Å². The van der Waals surface area contributed by atoms with E-state index in [4.69, 9.17) is 21.1 Å². The molecule has 2 aromatic heterocycles. The highest BCUT2D eigenvalue weighted by Crippen LogP contribution is 2.36. The van der Waals surface area contributed by atoms with Crippen LogP contribution in [0.15, 0.2) is 42.5 Å². The average Bonchev–Trinajstić information content (AvgIpc) is 3.23. The zero-order chi connectivity index (χ0) is 16.8. The van der Waals surface area contributed by atoms with E-state index in [1.807, 2.05) is 42.5 Å². The highest BCUT2D eigenvalue weighted by atomic mass is 35.5. The molecule has 1 aliphatic rings. The fourth-order valence-electron chi connectivity index (χ4n) is 2.69. The van der Waals surface area contributed by atoms with Gasteiger partial charge in [-0.25, -0.2) is 0 Å². The minimum Gasteiger partial charge on any atom is -0.486 e. The zero-order valence-electron chi connectivity index (χ0n) is 12.8. The molecule has 0 amide bonds. The summed E-state index contributed by atoms with van der Waals surface area (Å²) < 4.78 is 13.0. The van der Waals surface area contributed by atoms with E-state index >= 15 is 0 Å². The lowest BCUT2D eigenvalue weighted by atomic mass is 10.2. The Hall–Kier alpha value is -2.64. The molecule has 4 aromatic rings. The predicted octanol–water partition coefficient (Wildman–Crippen LogP) is 3.94. The molecule has 5 rings (SSSR count). The van der Waals surface area contributed by atoms with E-state index in [9.17, 15) is 0 Å². The first-order valence-electron chi connectivity index (χ1n) is 7.66. The number of hydrogen-bond donors (Lipinski definition) is 0. The SMILES string of the molecule is Clc1ccc(-c2nnc3sc(-c4ccc5c(c4)OCCO5)nn23)cc1. The molecule has 124 valence electrons. The molecular formula is C17H11ClN4O2S. The summed E-state index contributed by atoms with van der Waals surface area (Å²) in [7, 11) is 0. The largest absolute Gasteiger partial charge is 0.486 e. The maximum absolute atomic E-state index is 5.96. The standard InChI is InChI=1S/C17H11ClN4O2S/c18-12-4-1-10(2-5-12)15-19-20-17-22(15)21-16(25-17)11-3-6-13-14(9-11)24-8-7-23-13/h1-6,9H,7-8H2. The van der Waals surface area contributed by atoms with Gasteiger partial charge in [0.2, 0.25) is 4.96 Å². The molecule has 0 saturated heterocycles. The third-order valence-electron chi connectivity index (χ3n) is 3.88. The number of aromatic nitrogens is 4. The van der Waals surface area contributed by atoms with Crippen LogP contribution in [-0.4, -0.2) is 33.0 Å². The van der Waals surface area contributed by atoms with Crippen molar-refractivity contribution >= 4 is 27.9 Å². The van der Waals surface area contributed by atoms with Crippen molar-refractivity contribution < 1.29 is 9.47 Å². The van der Waals surface area contributed by atoms with Crippen molar-refractivity contribution in [1.82, 2.24) is 19.8 Å². The van der Waals surface area contributed by atoms with Gasteiger partial charge in [0.05, 0.1) is 0 Å². The maximum atomic E-state index is 5.96. The van der Waals surface area contributed by atoms with Gasteiger partial charge in [-0.15, -0.1) is 10.2 Å². The van der Waals surface area contributed by atoms with E-state index in [-0.39, 0.29) is 0 Å². The molecule has 0 atom stereocenters. The molecule has 0 spiro atoms. The van der Waals surface area contributed by atoms with Crippen LogP contribution in [0.2, 0.25) is 5.02 Å². The van der Waals surface area contributed by atoms with Gasteiger partial charge in [-0.2, -0.15) is 9.61 Å². The van der Waals surface area contributed by atoms with Gasteiger partial charge in [-0.3, -0.25) is 0 Å². The zero-order valence-corrected chi connectivity index (χ0v) is 14.4. The lowest BCUT2D eigenvalue weighted by molar-refractivity contribution is 0.171. The molecule has 0 fully saturated rings. The van der Waals surface area contributed by atoms with Gasteiger partial charge in [0, 0.05) is 16.1 Å². The normalized spacial score (nSPS) is 13.3. The van der Waals surface area contributed by atoms with Gasteiger partial charge >= 0.3 is 0 Å². The third kappa shape index (κ3) is 2.52. The molecule has 0 aliphatic carbocycles. The highest BCUT2D eigenvalue weighted by molar-refractivity contribution is 7.19. The van der Waals surface area contributed by atoms with Crippen LogP contribution in [0.4, 0.5) is 0 Å². The summed E-state index contributed by atoms with van der Waals surface area (Å²) in [6.45, 7) is 1.13. The van der Waals surface area contributed by atoms with E-state index in [2.05, 4.69) is 15.3 Å². The summed E-state index contributed by atoms with van der Waals surface area (Å²) in [6.07, 6.45) is 0. The fraction of sp³-hybridized carbons (Fsp3) is 0.118. The lowest BCUT2D eigenvalue weighted by Gasteiger charge is -2.18. The topological polar surface area (TPSA) is 61.5 Å². The van der Waals surface area contributed by atoms with Crippen LogP contribution in [0, 0.1) is 0 Å². The van der Waals surface area contributed by atoms with Crippen molar-refractivity contribution in [3.8, 4) is 33.5 Å². The Morgan fingerprint density at radius 2 is 1.68 bits per heavy atom. The van der Waals surface area contributed by atoms with Crippen LogP contribution in [0.1, 0.15) is 0 Å². The van der Waals surface area contributed by atoms with E-state index in [0.29, 0.717) is 24.1 Å². The fourth-order valence-corrected chi connectivity index (χ4v) is 3.65. The molecule has 0 N–H and O–H groups in total. The Bertz CT molecular complexity index is 1070. The van der Waals surface area contributed by atoms with Gasteiger partial charge in [0.25, 0.3) is 0 Å². The van der Waals surface area contributed by atoms with Crippen molar-refractivity contribution in [2.24, 2.45) is 0 Å². The summed E-state index contributed by atoms with van der Waals surface area (Å²) in [4.78, 5) is 0.731. The van der Waals surface area contributed by atoms with E-state index < -0.39 is 0 Å². The molecule has 0 radical (unpaired) electrons. The lowest BCUT2D eigenvalue weighted by Crippen LogP contribution is -2.15. The predicted molar refractivity (Wildman–Crippen MR) is 95.5 cm³/mol. The van der Waals surface area contributed by atoms with Crippen molar-refractivity contribution in [2.45, 2.75) is 0 Å². The average molecular weight is 371 g/mol. The maximum Gasteiger partial charge on any atom is 0.235 e. The van der Waals surface area contributed by atoms with Crippen molar-refractivity contribution in [1.29, 1.82) is 0 Å². The molecule has 2 aromatic carbocycles. The van der Waals surface area contributed by atoms with Crippen molar-refractivity contribution in [3.63, 3.8) is 0 Å². The minimum absolute atomic E-state index is 0.558. The van der Waals surface area contributed by atoms with Crippen molar-refractivity contribution in [2.75, 3.05) is 13.2 Å². The van der Waals surface area contributed by atoms with Gasteiger partial charge < -0.3 is 9.47 Å². The molecule has 6 nitrogen and oxygen atoms in total. The van der Waals surface area contributed by atoms with E-state index in [0.717, 1.165) is 32.6 Å². The second kappa shape index (κ2) is 5.72. The second-order valence-electron chi connectivity index (χ2n) is 5.49. The monoisotopic (exact) mass is 370 g/mol. The number of hydrogen-bond acceptors (Lipinski definition) is 6. The molecule has 0 unspecified atom stereocenters. The summed E-state index contributed by atoms with van der Waals surface area (Å²) in [5.74, 6) is 2.19. The third-order valence-corrected chi connectivity index (χ3v) is 5.08. The number of nitrogens with zero attached hydrogens (tertiary/aromatic N) is 4. The molecule has 1 aliphatic heterocycles. The molecule has 0 bridgehead atoms. The molecule has 0 saturated carbocycles. The summed E-state index contributed by atoms with van der Waals surface area (Å²) in [5, 5.41) is 14.7. The Balaban J connectivity index is 1.58.